The van der Waals surface area contributed by atoms with Gasteiger partial charge in [-0.25, -0.2) is 9.97 Å². The molecule has 0 saturated carbocycles. The van der Waals surface area contributed by atoms with Crippen LogP contribution < -0.4 is 5.32 Å². The van der Waals surface area contributed by atoms with E-state index in [0.717, 1.165) is 0 Å². The minimum absolute atomic E-state index is 0.129. The van der Waals surface area contributed by atoms with Crippen LogP contribution >= 0.6 is 0 Å². The molecule has 0 radical (unpaired) electrons. The summed E-state index contributed by atoms with van der Waals surface area (Å²) >= 11 is 0. The Morgan fingerprint density at radius 2 is 2.19 bits per heavy atom. The Balaban J connectivity index is 1.73. The summed E-state index contributed by atoms with van der Waals surface area (Å²) in [6.45, 7) is 6.44. The van der Waals surface area contributed by atoms with E-state index in [9.17, 15) is 9.59 Å². The molecule has 0 unspecified atom stereocenters. The summed E-state index contributed by atoms with van der Waals surface area (Å²) in [5.74, 6) is 0.729. The molecule has 9 heteroatoms. The molecule has 1 saturated heterocycles. The molecule has 0 aliphatic carbocycles. The third-order valence-corrected chi connectivity index (χ3v) is 4.14. The molecule has 26 heavy (non-hydrogen) atoms. The van der Waals surface area contributed by atoms with Crippen molar-refractivity contribution in [2.24, 2.45) is 0 Å². The number of carbonyl (C=O) groups is 2. The Hall–Kier alpha value is -2.81. The molecule has 1 N–H and O–H groups in total. The fourth-order valence-electron chi connectivity index (χ4n) is 2.82. The molecule has 0 spiro atoms. The lowest BCUT2D eigenvalue weighted by molar-refractivity contribution is -0.119. The topological polar surface area (TPSA) is 110 Å². The SMILES string of the molecule is CC(=O)NCc1ccnc([C@@H]2CN(C(=O)c3c(C)noc3C)CCO2)n1. The van der Waals surface area contributed by atoms with Crippen LogP contribution in [0.1, 0.15) is 46.4 Å². The fourth-order valence-corrected chi connectivity index (χ4v) is 2.82. The standard InChI is InChI=1S/C17H21N5O4/c1-10-15(11(2)26-21-10)17(24)22-6-7-25-14(9-22)16-18-5-4-13(20-16)8-19-12(3)23/h4-5,14H,6-9H2,1-3H3,(H,19,23)/t14-/m0/s1. The summed E-state index contributed by atoms with van der Waals surface area (Å²) in [6.07, 6.45) is 1.20. The van der Waals surface area contributed by atoms with Gasteiger partial charge in [-0.3, -0.25) is 9.59 Å². The third kappa shape index (κ3) is 3.88. The Bertz CT molecular complexity index is 800. The molecule has 9 nitrogen and oxygen atoms in total. The highest BCUT2D eigenvalue weighted by Gasteiger charge is 2.30. The van der Waals surface area contributed by atoms with Crippen molar-refractivity contribution >= 4 is 11.8 Å². The average molecular weight is 359 g/mol. The zero-order chi connectivity index (χ0) is 18.7. The summed E-state index contributed by atoms with van der Waals surface area (Å²) in [5.41, 5.74) is 1.75. The highest BCUT2D eigenvalue weighted by Crippen LogP contribution is 2.22. The van der Waals surface area contributed by atoms with Crippen LogP contribution in [0.3, 0.4) is 0 Å². The Kier molecular flexibility index (Phi) is 5.27. The van der Waals surface area contributed by atoms with E-state index in [1.54, 1.807) is 31.0 Å². The van der Waals surface area contributed by atoms with E-state index in [2.05, 4.69) is 20.4 Å². The van der Waals surface area contributed by atoms with Crippen molar-refractivity contribution in [2.75, 3.05) is 19.7 Å². The maximum Gasteiger partial charge on any atom is 0.259 e. The number of nitrogens with zero attached hydrogens (tertiary/aromatic N) is 4. The molecule has 0 bridgehead atoms. The number of aryl methyl sites for hydroxylation is 2. The van der Waals surface area contributed by atoms with E-state index in [4.69, 9.17) is 9.26 Å². The second-order valence-corrected chi connectivity index (χ2v) is 6.13. The first kappa shape index (κ1) is 18.0. The Labute approximate surface area is 150 Å². The quantitative estimate of drug-likeness (QED) is 0.864. The molecule has 1 aliphatic rings. The van der Waals surface area contributed by atoms with E-state index < -0.39 is 6.10 Å². The maximum absolute atomic E-state index is 12.8. The van der Waals surface area contributed by atoms with Crippen molar-refractivity contribution in [3.63, 3.8) is 0 Å². The Morgan fingerprint density at radius 3 is 2.88 bits per heavy atom. The zero-order valence-corrected chi connectivity index (χ0v) is 15.0. The van der Waals surface area contributed by atoms with Gasteiger partial charge < -0.3 is 19.5 Å². The summed E-state index contributed by atoms with van der Waals surface area (Å²) < 4.78 is 10.9. The first-order chi connectivity index (χ1) is 12.5. The van der Waals surface area contributed by atoms with Gasteiger partial charge in [0.25, 0.3) is 5.91 Å². The summed E-state index contributed by atoms with van der Waals surface area (Å²) in [7, 11) is 0. The van der Waals surface area contributed by atoms with E-state index >= 15 is 0 Å². The molecule has 1 fully saturated rings. The largest absolute Gasteiger partial charge is 0.367 e. The Morgan fingerprint density at radius 1 is 1.38 bits per heavy atom. The molecule has 138 valence electrons. The van der Waals surface area contributed by atoms with Crippen LogP contribution in [-0.2, 0) is 16.1 Å². The summed E-state index contributed by atoms with van der Waals surface area (Å²) in [5, 5.41) is 6.54. The van der Waals surface area contributed by atoms with E-state index in [1.165, 1.54) is 6.92 Å². The van der Waals surface area contributed by atoms with Gasteiger partial charge in [0.15, 0.2) is 5.82 Å². The van der Waals surface area contributed by atoms with Crippen LogP contribution in [0.15, 0.2) is 16.8 Å². The molecular formula is C17H21N5O4. The molecule has 2 amide bonds. The van der Waals surface area contributed by atoms with E-state index in [1.807, 2.05) is 0 Å². The van der Waals surface area contributed by atoms with E-state index in [-0.39, 0.29) is 11.8 Å². The number of hydrogen-bond donors (Lipinski definition) is 1. The number of carbonyl (C=O) groups excluding carboxylic acids is 2. The van der Waals surface area contributed by atoms with Crippen LogP contribution in [0.5, 0.6) is 0 Å². The van der Waals surface area contributed by atoms with Crippen molar-refractivity contribution in [3.05, 3.63) is 40.8 Å². The van der Waals surface area contributed by atoms with Crippen molar-refractivity contribution < 1.29 is 18.8 Å². The second kappa shape index (κ2) is 7.61. The van der Waals surface area contributed by atoms with Crippen LogP contribution in [0, 0.1) is 13.8 Å². The molecule has 3 rings (SSSR count). The number of hydrogen-bond acceptors (Lipinski definition) is 7. The van der Waals surface area contributed by atoms with Crippen LogP contribution in [0.4, 0.5) is 0 Å². The molecule has 2 aromatic heterocycles. The molecule has 0 aromatic carbocycles. The number of aromatic nitrogens is 3. The monoisotopic (exact) mass is 359 g/mol. The number of nitrogens with one attached hydrogen (secondary N) is 1. The van der Waals surface area contributed by atoms with Crippen molar-refractivity contribution in [1.82, 2.24) is 25.3 Å². The van der Waals surface area contributed by atoms with Crippen LogP contribution in [-0.4, -0.2) is 51.5 Å². The molecule has 1 aliphatic heterocycles. The van der Waals surface area contributed by atoms with Crippen LogP contribution in [0.25, 0.3) is 0 Å². The second-order valence-electron chi connectivity index (χ2n) is 6.13. The van der Waals surface area contributed by atoms with Gasteiger partial charge in [0, 0.05) is 19.7 Å². The summed E-state index contributed by atoms with van der Waals surface area (Å²) in [6, 6.07) is 1.73. The van der Waals surface area contributed by atoms with Gasteiger partial charge in [0.1, 0.15) is 17.4 Å². The maximum atomic E-state index is 12.8. The van der Waals surface area contributed by atoms with Crippen molar-refractivity contribution in [3.8, 4) is 0 Å². The number of morpholine rings is 1. The highest BCUT2D eigenvalue weighted by atomic mass is 16.5. The number of ether oxygens (including phenoxy) is 1. The third-order valence-electron chi connectivity index (χ3n) is 4.14. The number of amides is 2. The normalized spacial score (nSPS) is 17.2. The van der Waals surface area contributed by atoms with Gasteiger partial charge >= 0.3 is 0 Å². The lowest BCUT2D eigenvalue weighted by Gasteiger charge is -2.32. The zero-order valence-electron chi connectivity index (χ0n) is 15.0. The van der Waals surface area contributed by atoms with E-state index in [0.29, 0.717) is 54.8 Å². The van der Waals surface area contributed by atoms with Gasteiger partial charge in [0.2, 0.25) is 5.91 Å². The van der Waals surface area contributed by atoms with Gasteiger partial charge in [-0.15, -0.1) is 0 Å². The fraction of sp³-hybridized carbons (Fsp3) is 0.471. The van der Waals surface area contributed by atoms with Gasteiger partial charge in [-0.1, -0.05) is 5.16 Å². The van der Waals surface area contributed by atoms with Crippen LogP contribution in [0.2, 0.25) is 0 Å². The minimum Gasteiger partial charge on any atom is -0.367 e. The lowest BCUT2D eigenvalue weighted by Crippen LogP contribution is -2.43. The predicted molar refractivity (Wildman–Crippen MR) is 90.1 cm³/mol. The minimum atomic E-state index is -0.426. The van der Waals surface area contributed by atoms with Crippen molar-refractivity contribution in [2.45, 2.75) is 33.4 Å². The van der Waals surface area contributed by atoms with Gasteiger partial charge in [0.05, 0.1) is 31.1 Å². The first-order valence-corrected chi connectivity index (χ1v) is 8.35. The predicted octanol–water partition coefficient (Wildman–Crippen LogP) is 0.931. The molecule has 3 heterocycles. The van der Waals surface area contributed by atoms with Gasteiger partial charge in [-0.05, 0) is 19.9 Å². The van der Waals surface area contributed by atoms with Crippen molar-refractivity contribution in [1.29, 1.82) is 0 Å². The molecular weight excluding hydrogens is 338 g/mol. The smallest absolute Gasteiger partial charge is 0.259 e. The number of rotatable bonds is 4. The first-order valence-electron chi connectivity index (χ1n) is 8.35. The highest BCUT2D eigenvalue weighted by molar-refractivity contribution is 5.96. The van der Waals surface area contributed by atoms with Gasteiger partial charge in [-0.2, -0.15) is 0 Å². The summed E-state index contributed by atoms with van der Waals surface area (Å²) in [4.78, 5) is 34.3. The molecule has 1 atom stereocenters. The molecule has 2 aromatic rings. The lowest BCUT2D eigenvalue weighted by atomic mass is 10.1. The average Bonchev–Trinajstić information content (AvgIpc) is 2.98.